The van der Waals surface area contributed by atoms with E-state index in [0.717, 1.165) is 0 Å². The summed E-state index contributed by atoms with van der Waals surface area (Å²) < 4.78 is -1.96. The Labute approximate surface area is 75.2 Å². The number of halogens is 1. The highest BCUT2D eigenvalue weighted by molar-refractivity contribution is 14.1. The topological polar surface area (TPSA) is 141 Å². The van der Waals surface area contributed by atoms with E-state index in [0.29, 0.717) is 0 Å². The van der Waals surface area contributed by atoms with Crippen molar-refractivity contribution in [1.82, 2.24) is 0 Å². The predicted octanol–water partition coefficient (Wildman–Crippen LogP) is -3.36. The van der Waals surface area contributed by atoms with Gasteiger partial charge >= 0.3 is 9.70 Å². The minimum absolute atomic E-state index is 1.10. The minimum atomic E-state index is -1.96. The van der Waals surface area contributed by atoms with E-state index in [4.69, 9.17) is 5.73 Å². The van der Waals surface area contributed by atoms with Gasteiger partial charge in [0.15, 0.2) is 0 Å². The van der Waals surface area contributed by atoms with E-state index in [1.165, 1.54) is 22.6 Å². The largest absolute Gasteiger partial charge is 0.580 e. The molecular weight excluding hydrogens is 271 g/mol. The molecule has 0 spiro atoms. The summed E-state index contributed by atoms with van der Waals surface area (Å²) in [6.07, 6.45) is 0. The van der Waals surface area contributed by atoms with Gasteiger partial charge in [-0.1, -0.05) is 0 Å². The molecule has 0 bridgehead atoms. The molecule has 0 amide bonds. The van der Waals surface area contributed by atoms with Gasteiger partial charge < -0.3 is 10.0 Å². The molecule has 0 aliphatic carbocycles. The normalized spacial score (nSPS) is 18.6. The molecule has 0 saturated heterocycles. The van der Waals surface area contributed by atoms with E-state index in [-0.39, 0.29) is 0 Å². The molecule has 0 fully saturated rings. The van der Waals surface area contributed by atoms with Crippen LogP contribution in [0.25, 0.3) is 0 Å². The number of carbonyl (C=O) groups is 1. The third kappa shape index (κ3) is 3.76. The molecule has 9 heteroatoms. The molecule has 2 unspecified atom stereocenters. The fourth-order valence-corrected chi connectivity index (χ4v) is 0.613. The summed E-state index contributed by atoms with van der Waals surface area (Å²) in [7, 11) is 0. The van der Waals surface area contributed by atoms with Crippen LogP contribution < -0.4 is 22.8 Å². The quantitative estimate of drug-likeness (QED) is 0.105. The molecule has 8 nitrogen and oxygen atoms in total. The second-order valence-electron chi connectivity index (χ2n) is 1.47. The van der Waals surface area contributed by atoms with Gasteiger partial charge in [0.05, 0.1) is 0 Å². The van der Waals surface area contributed by atoms with Crippen molar-refractivity contribution < 1.29 is 19.8 Å². The van der Waals surface area contributed by atoms with Gasteiger partial charge in [-0.3, -0.25) is 5.73 Å². The van der Waals surface area contributed by atoms with Crippen molar-refractivity contribution >= 4 is 28.6 Å². The smallest absolute Gasteiger partial charge is 0.389 e. The van der Waals surface area contributed by atoms with Gasteiger partial charge in [-0.15, -0.1) is 16.0 Å². The summed E-state index contributed by atoms with van der Waals surface area (Å²) in [5.74, 6) is 7.94. The highest BCUT2D eigenvalue weighted by atomic mass is 127. The van der Waals surface area contributed by atoms with E-state index in [9.17, 15) is 10.0 Å². The van der Waals surface area contributed by atoms with Crippen molar-refractivity contribution in [3.63, 3.8) is 0 Å². The first-order valence-electron chi connectivity index (χ1n) is 2.27. The monoisotopic (exact) mass is 278 g/mol. The first-order valence-corrected chi connectivity index (χ1v) is 3.35. The molecule has 66 valence electrons. The zero-order valence-electron chi connectivity index (χ0n) is 5.24. The molecule has 0 saturated carbocycles. The van der Waals surface area contributed by atoms with Crippen LogP contribution in [-0.2, 0) is 14.5 Å². The zero-order valence-corrected chi connectivity index (χ0v) is 7.40. The van der Waals surface area contributed by atoms with E-state index in [2.05, 4.69) is 21.4 Å². The Balaban J connectivity index is 4.09. The van der Waals surface area contributed by atoms with Crippen LogP contribution in [0.5, 0.6) is 0 Å². The third-order valence-electron chi connectivity index (χ3n) is 0.634. The van der Waals surface area contributed by atoms with Gasteiger partial charge in [-0.2, -0.15) is 5.90 Å². The van der Waals surface area contributed by atoms with Crippen LogP contribution in [0, 0.1) is 5.21 Å². The molecule has 0 aromatic carbocycles. The molecule has 2 atom stereocenters. The van der Waals surface area contributed by atoms with Gasteiger partial charge in [0.1, 0.15) is 0 Å². The van der Waals surface area contributed by atoms with Gasteiger partial charge in [-0.05, 0) is 22.6 Å². The average molecular weight is 278 g/mol. The lowest BCUT2D eigenvalue weighted by Gasteiger charge is -2.21. The van der Waals surface area contributed by atoms with Crippen LogP contribution in [0.3, 0.4) is 0 Å². The third-order valence-corrected chi connectivity index (χ3v) is 1.30. The minimum Gasteiger partial charge on any atom is -0.580 e. The molecule has 0 aliphatic rings. The lowest BCUT2D eigenvalue weighted by molar-refractivity contribution is -1.07. The Bertz CT molecular complexity index is 149. The van der Waals surface area contributed by atoms with Crippen LogP contribution in [-0.4, -0.2) is 9.70 Å². The van der Waals surface area contributed by atoms with Crippen molar-refractivity contribution in [3.8, 4) is 0 Å². The van der Waals surface area contributed by atoms with Crippen LogP contribution in [0.4, 0.5) is 0 Å². The lowest BCUT2D eigenvalue weighted by atomic mass is 10.6. The number of hydrogen-bond acceptors (Lipinski definition) is 7. The molecule has 0 radical (unpaired) electrons. The summed E-state index contributed by atoms with van der Waals surface area (Å²) in [4.78, 5) is 18.4. The Morgan fingerprint density at radius 1 is 1.73 bits per heavy atom. The number of nitrogens with two attached hydrogens (primary N) is 3. The van der Waals surface area contributed by atoms with E-state index in [1.54, 1.807) is 0 Å². The summed E-state index contributed by atoms with van der Waals surface area (Å²) in [6.45, 7) is 0. The average Bonchev–Trinajstić information content (AvgIpc) is 1.83. The van der Waals surface area contributed by atoms with Crippen molar-refractivity contribution in [3.05, 3.63) is 5.21 Å². The standard InChI is InChI=1S/C2H7IN4O4/c3-2(4,1(8)10-6)11-7(5)9/h7H,4-6H2. The fourth-order valence-electron chi connectivity index (χ4n) is 0.268. The van der Waals surface area contributed by atoms with Crippen LogP contribution in [0.15, 0.2) is 0 Å². The highest BCUT2D eigenvalue weighted by Gasteiger charge is 2.38. The fraction of sp³-hybridized carbons (Fsp3) is 0.500. The molecule has 0 aromatic heterocycles. The Morgan fingerprint density at radius 2 is 2.18 bits per heavy atom. The maximum Gasteiger partial charge on any atom is 0.389 e. The van der Waals surface area contributed by atoms with Crippen molar-refractivity contribution in [1.29, 1.82) is 0 Å². The summed E-state index contributed by atoms with van der Waals surface area (Å²) in [6, 6.07) is 0. The number of rotatable bonds is 3. The SMILES string of the molecule is NOC(=O)C(N)(I)O[NH+](N)[O-]. The summed E-state index contributed by atoms with van der Waals surface area (Å²) in [5.41, 5.74) is 5.08. The molecule has 0 aliphatic heterocycles. The molecule has 0 rings (SSSR count). The maximum absolute atomic E-state index is 10.6. The van der Waals surface area contributed by atoms with Crippen LogP contribution >= 0.6 is 22.6 Å². The number of hydrogen-bond donors (Lipinski definition) is 4. The van der Waals surface area contributed by atoms with Crippen molar-refractivity contribution in [2.24, 2.45) is 17.5 Å². The van der Waals surface area contributed by atoms with Gasteiger partial charge in [0, 0.05) is 0 Å². The molecular formula is C2H7IN4O4. The van der Waals surface area contributed by atoms with E-state index in [1.807, 2.05) is 0 Å². The Hall–Kier alpha value is -0.0400. The molecule has 0 aromatic rings. The highest BCUT2D eigenvalue weighted by Crippen LogP contribution is 2.10. The van der Waals surface area contributed by atoms with Gasteiger partial charge in [0.2, 0.25) is 0 Å². The lowest BCUT2D eigenvalue weighted by Crippen LogP contribution is -3.14. The number of carbonyl (C=O) groups excluding carboxylic acids is 1. The van der Waals surface area contributed by atoms with Crippen molar-refractivity contribution in [2.45, 2.75) is 3.73 Å². The Morgan fingerprint density at radius 3 is 2.45 bits per heavy atom. The molecule has 7 N–H and O–H groups in total. The first-order chi connectivity index (χ1) is 4.90. The van der Waals surface area contributed by atoms with Crippen LogP contribution in [0.2, 0.25) is 0 Å². The van der Waals surface area contributed by atoms with Gasteiger partial charge in [0.25, 0.3) is 0 Å². The van der Waals surface area contributed by atoms with E-state index < -0.39 is 15.0 Å². The number of alkyl halides is 1. The zero-order chi connectivity index (χ0) is 9.07. The molecule has 11 heavy (non-hydrogen) atoms. The summed E-state index contributed by atoms with van der Waals surface area (Å²) in [5, 5.41) is 8.91. The number of nitrogens with one attached hydrogen (secondary N) is 1. The van der Waals surface area contributed by atoms with Crippen LogP contribution in [0.1, 0.15) is 0 Å². The number of quaternary nitrogens is 1. The second kappa shape index (κ2) is 4.10. The first kappa shape index (κ1) is 11.0. The predicted molar refractivity (Wildman–Crippen MR) is 40.8 cm³/mol. The Kier molecular flexibility index (Phi) is 4.09. The molecule has 0 heterocycles. The maximum atomic E-state index is 10.6. The van der Waals surface area contributed by atoms with Crippen molar-refractivity contribution in [2.75, 3.05) is 0 Å². The second-order valence-corrected chi connectivity index (χ2v) is 3.07. The van der Waals surface area contributed by atoms with Gasteiger partial charge in [-0.25, -0.2) is 4.79 Å². The summed E-state index contributed by atoms with van der Waals surface area (Å²) >= 11 is 1.32. The van der Waals surface area contributed by atoms with E-state index >= 15 is 0 Å².